The van der Waals surface area contributed by atoms with Crippen LogP contribution in [0.5, 0.6) is 0 Å². The van der Waals surface area contributed by atoms with Crippen LogP contribution in [0.25, 0.3) is 0 Å². The van der Waals surface area contributed by atoms with Crippen LogP contribution < -0.4 is 10.6 Å². The lowest BCUT2D eigenvalue weighted by molar-refractivity contribution is 0.252. The molecular weight excluding hydrogens is 228 g/mol. The van der Waals surface area contributed by atoms with Gasteiger partial charge in [0.05, 0.1) is 0 Å². The third-order valence-electron chi connectivity index (χ3n) is 1.78. The topological polar surface area (TPSA) is 86.6 Å². The van der Waals surface area contributed by atoms with Gasteiger partial charge in [0.2, 0.25) is 0 Å². The fourth-order valence-electron chi connectivity index (χ4n) is 0.928. The Morgan fingerprint density at radius 3 is 3.06 bits per heavy atom. The van der Waals surface area contributed by atoms with Crippen LogP contribution >= 0.6 is 11.3 Å². The van der Waals surface area contributed by atoms with Crippen LogP contribution in [0.15, 0.2) is 10.5 Å². The van der Waals surface area contributed by atoms with Gasteiger partial charge in [-0.15, -0.1) is 11.3 Å². The van der Waals surface area contributed by atoms with Crippen molar-refractivity contribution in [2.75, 3.05) is 11.9 Å². The SMILES string of the molecule is CCCNC(=O)Nc1nc(C(C)=NO)cs1. The first-order valence-electron chi connectivity index (χ1n) is 4.86. The number of anilines is 1. The molecule has 0 aliphatic rings. The molecule has 0 spiro atoms. The van der Waals surface area contributed by atoms with E-state index in [4.69, 9.17) is 5.21 Å². The smallest absolute Gasteiger partial charge is 0.321 e. The van der Waals surface area contributed by atoms with Crippen LogP contribution in [0.4, 0.5) is 9.93 Å². The predicted molar refractivity (Wildman–Crippen MR) is 63.4 cm³/mol. The summed E-state index contributed by atoms with van der Waals surface area (Å²) in [4.78, 5) is 15.4. The van der Waals surface area contributed by atoms with Gasteiger partial charge in [0, 0.05) is 11.9 Å². The molecule has 1 aromatic heterocycles. The number of amides is 2. The molecule has 2 amide bonds. The number of thiazole rings is 1. The first kappa shape index (κ1) is 12.4. The summed E-state index contributed by atoms with van der Waals surface area (Å²) >= 11 is 1.28. The van der Waals surface area contributed by atoms with Crippen molar-refractivity contribution in [2.24, 2.45) is 5.16 Å². The number of hydrogen-bond donors (Lipinski definition) is 3. The Hall–Kier alpha value is -1.63. The van der Waals surface area contributed by atoms with Gasteiger partial charge in [-0.3, -0.25) is 5.32 Å². The second-order valence-corrected chi connectivity index (χ2v) is 3.96. The summed E-state index contributed by atoms with van der Waals surface area (Å²) in [5.41, 5.74) is 0.969. The van der Waals surface area contributed by atoms with Crippen LogP contribution in [0, 0.1) is 0 Å². The van der Waals surface area contributed by atoms with Gasteiger partial charge in [-0.2, -0.15) is 0 Å². The van der Waals surface area contributed by atoms with Crippen molar-refractivity contribution < 1.29 is 10.0 Å². The van der Waals surface area contributed by atoms with Gasteiger partial charge in [0.25, 0.3) is 0 Å². The average molecular weight is 242 g/mol. The van der Waals surface area contributed by atoms with Gasteiger partial charge < -0.3 is 10.5 Å². The van der Waals surface area contributed by atoms with Crippen LogP contribution in [0.2, 0.25) is 0 Å². The summed E-state index contributed by atoms with van der Waals surface area (Å²) < 4.78 is 0. The van der Waals surface area contributed by atoms with Crippen LogP contribution in [-0.2, 0) is 0 Å². The highest BCUT2D eigenvalue weighted by Gasteiger charge is 2.07. The van der Waals surface area contributed by atoms with Crippen molar-refractivity contribution in [3.8, 4) is 0 Å². The van der Waals surface area contributed by atoms with E-state index in [9.17, 15) is 4.79 Å². The Kier molecular flexibility index (Phi) is 4.71. The maximum absolute atomic E-state index is 11.3. The summed E-state index contributed by atoms with van der Waals surface area (Å²) in [5, 5.41) is 19.0. The summed E-state index contributed by atoms with van der Waals surface area (Å²) in [6.07, 6.45) is 0.882. The molecule has 0 aliphatic carbocycles. The van der Waals surface area contributed by atoms with Crippen molar-refractivity contribution >= 4 is 28.2 Å². The van der Waals surface area contributed by atoms with E-state index in [1.807, 2.05) is 6.92 Å². The zero-order valence-electron chi connectivity index (χ0n) is 9.15. The number of oxime groups is 1. The number of nitrogens with one attached hydrogen (secondary N) is 2. The fraction of sp³-hybridized carbons (Fsp3) is 0.444. The molecule has 1 heterocycles. The third-order valence-corrected chi connectivity index (χ3v) is 2.54. The van der Waals surface area contributed by atoms with Gasteiger partial charge in [0.15, 0.2) is 5.13 Å². The standard InChI is InChI=1S/C9H14N4O2S/c1-3-4-10-8(14)12-9-11-7(5-16-9)6(2)13-15/h5,15H,3-4H2,1-2H3,(H2,10,11,12,14). The van der Waals surface area contributed by atoms with Crippen molar-refractivity contribution in [1.82, 2.24) is 10.3 Å². The fourth-order valence-corrected chi connectivity index (χ4v) is 1.68. The Morgan fingerprint density at radius 2 is 2.44 bits per heavy atom. The van der Waals surface area contributed by atoms with E-state index in [2.05, 4.69) is 20.8 Å². The second-order valence-electron chi connectivity index (χ2n) is 3.10. The zero-order chi connectivity index (χ0) is 12.0. The average Bonchev–Trinajstić information content (AvgIpc) is 2.73. The molecule has 0 saturated carbocycles. The van der Waals surface area contributed by atoms with Gasteiger partial charge >= 0.3 is 6.03 Å². The Labute approximate surface area is 97.4 Å². The van der Waals surface area contributed by atoms with Gasteiger partial charge in [0.1, 0.15) is 11.4 Å². The van der Waals surface area contributed by atoms with E-state index in [-0.39, 0.29) is 6.03 Å². The third kappa shape index (κ3) is 3.50. The maximum Gasteiger partial charge on any atom is 0.321 e. The lowest BCUT2D eigenvalue weighted by Crippen LogP contribution is -2.29. The minimum atomic E-state index is -0.277. The minimum absolute atomic E-state index is 0.277. The second kappa shape index (κ2) is 6.06. The normalized spacial score (nSPS) is 11.2. The molecule has 0 unspecified atom stereocenters. The first-order chi connectivity index (χ1) is 7.67. The van der Waals surface area contributed by atoms with Gasteiger partial charge in [-0.1, -0.05) is 12.1 Å². The number of rotatable bonds is 4. The number of carbonyl (C=O) groups excluding carboxylic acids is 1. The number of aromatic nitrogens is 1. The summed E-state index contributed by atoms with van der Waals surface area (Å²) in [6.45, 7) is 4.24. The molecule has 0 radical (unpaired) electrons. The molecule has 6 nitrogen and oxygen atoms in total. The highest BCUT2D eigenvalue weighted by Crippen LogP contribution is 2.15. The van der Waals surface area contributed by atoms with Crippen molar-refractivity contribution in [1.29, 1.82) is 0 Å². The molecule has 16 heavy (non-hydrogen) atoms. The van der Waals surface area contributed by atoms with Gasteiger partial charge in [-0.05, 0) is 13.3 Å². The highest BCUT2D eigenvalue weighted by atomic mass is 32.1. The summed E-state index contributed by atoms with van der Waals surface area (Å²) in [7, 11) is 0. The lowest BCUT2D eigenvalue weighted by Gasteiger charge is -2.02. The summed E-state index contributed by atoms with van der Waals surface area (Å²) in [6, 6.07) is -0.277. The zero-order valence-corrected chi connectivity index (χ0v) is 9.97. The van der Waals surface area contributed by atoms with Crippen LogP contribution in [0.1, 0.15) is 26.0 Å². The number of urea groups is 1. The van der Waals surface area contributed by atoms with Gasteiger partial charge in [-0.25, -0.2) is 9.78 Å². The van der Waals surface area contributed by atoms with Crippen LogP contribution in [-0.4, -0.2) is 28.5 Å². The van der Waals surface area contributed by atoms with E-state index in [1.165, 1.54) is 11.3 Å². The Bertz CT molecular complexity index is 389. The molecule has 0 aromatic carbocycles. The van der Waals surface area contributed by atoms with Crippen molar-refractivity contribution in [3.05, 3.63) is 11.1 Å². The molecule has 88 valence electrons. The van der Waals surface area contributed by atoms with E-state index >= 15 is 0 Å². The molecule has 0 fully saturated rings. The molecule has 1 rings (SSSR count). The molecule has 3 N–H and O–H groups in total. The minimum Gasteiger partial charge on any atom is -0.411 e. The van der Waals surface area contributed by atoms with Crippen LogP contribution in [0.3, 0.4) is 0 Å². The molecule has 1 aromatic rings. The molecule has 0 saturated heterocycles. The lowest BCUT2D eigenvalue weighted by atomic mass is 10.3. The quantitative estimate of drug-likeness (QED) is 0.428. The number of hydrogen-bond acceptors (Lipinski definition) is 5. The monoisotopic (exact) mass is 242 g/mol. The highest BCUT2D eigenvalue weighted by molar-refractivity contribution is 7.14. The van der Waals surface area contributed by atoms with E-state index in [0.717, 1.165) is 6.42 Å². The van der Waals surface area contributed by atoms with E-state index in [0.29, 0.717) is 23.1 Å². The number of nitrogens with zero attached hydrogens (tertiary/aromatic N) is 2. The maximum atomic E-state index is 11.3. The predicted octanol–water partition coefficient (Wildman–Crippen LogP) is 1.87. The van der Waals surface area contributed by atoms with E-state index < -0.39 is 0 Å². The molecular formula is C9H14N4O2S. The summed E-state index contributed by atoms with van der Waals surface area (Å²) in [5.74, 6) is 0. The molecule has 0 atom stereocenters. The van der Waals surface area contributed by atoms with E-state index in [1.54, 1.807) is 12.3 Å². The molecule has 7 heteroatoms. The number of carbonyl (C=O) groups is 1. The largest absolute Gasteiger partial charge is 0.411 e. The Balaban J connectivity index is 2.55. The molecule has 0 aliphatic heterocycles. The first-order valence-corrected chi connectivity index (χ1v) is 5.74. The van der Waals surface area contributed by atoms with Crippen molar-refractivity contribution in [2.45, 2.75) is 20.3 Å². The Morgan fingerprint density at radius 1 is 1.69 bits per heavy atom. The molecule has 0 bridgehead atoms. The van der Waals surface area contributed by atoms with Crippen molar-refractivity contribution in [3.63, 3.8) is 0 Å².